The van der Waals surface area contributed by atoms with Gasteiger partial charge in [-0.15, -0.1) is 0 Å². The number of nitrogens with two attached hydrogens (primary N) is 1. The summed E-state index contributed by atoms with van der Waals surface area (Å²) in [6.45, 7) is 1.52. The number of nitrogens with one attached hydrogen (secondary N) is 1. The second kappa shape index (κ2) is 6.67. The molecule has 0 radical (unpaired) electrons. The lowest BCUT2D eigenvalue weighted by Crippen LogP contribution is -2.47. The fraction of sp³-hybridized carbons (Fsp3) is 0.750. The van der Waals surface area contributed by atoms with Gasteiger partial charge in [0.25, 0.3) is 0 Å². The molecule has 6 heteroatoms. The molecule has 0 saturated carbocycles. The molecule has 0 aromatic heterocycles. The van der Waals surface area contributed by atoms with Crippen LogP contribution in [-0.2, 0) is 9.59 Å². The van der Waals surface area contributed by atoms with Gasteiger partial charge in [0.2, 0.25) is 5.91 Å². The molecule has 0 rings (SSSR count). The lowest BCUT2D eigenvalue weighted by Gasteiger charge is -2.15. The summed E-state index contributed by atoms with van der Waals surface area (Å²) < 4.78 is 0. The fourth-order valence-electron chi connectivity index (χ4n) is 0.796. The van der Waals surface area contributed by atoms with Crippen LogP contribution in [0.25, 0.3) is 0 Å². The third kappa shape index (κ3) is 5.08. The maximum atomic E-state index is 11.1. The zero-order chi connectivity index (χ0) is 11.1. The highest BCUT2D eigenvalue weighted by Gasteiger charge is 2.20. The van der Waals surface area contributed by atoms with Gasteiger partial charge in [-0.25, -0.2) is 4.79 Å². The lowest BCUT2D eigenvalue weighted by molar-refractivity contribution is -0.142. The topological polar surface area (TPSA) is 92.4 Å². The van der Waals surface area contributed by atoms with Crippen LogP contribution in [0.3, 0.4) is 0 Å². The van der Waals surface area contributed by atoms with Crippen LogP contribution in [0.4, 0.5) is 0 Å². The first kappa shape index (κ1) is 13.2. The van der Waals surface area contributed by atoms with E-state index in [0.717, 1.165) is 0 Å². The monoisotopic (exact) mass is 220 g/mol. The van der Waals surface area contributed by atoms with Gasteiger partial charge in [-0.3, -0.25) is 4.79 Å². The molecular weight excluding hydrogens is 204 g/mol. The van der Waals surface area contributed by atoms with Crippen LogP contribution in [0.2, 0.25) is 0 Å². The molecule has 0 spiro atoms. The molecule has 4 N–H and O–H groups in total. The first-order chi connectivity index (χ1) is 6.49. The molecule has 5 nitrogen and oxygen atoms in total. The maximum absolute atomic E-state index is 11.1. The Labute approximate surface area is 87.4 Å². The average molecular weight is 220 g/mol. The van der Waals surface area contributed by atoms with E-state index in [4.69, 9.17) is 10.8 Å². The van der Waals surface area contributed by atoms with Gasteiger partial charge in [-0.1, -0.05) is 0 Å². The van der Waals surface area contributed by atoms with Gasteiger partial charge in [-0.05, 0) is 25.4 Å². The highest BCUT2D eigenvalue weighted by atomic mass is 32.2. The maximum Gasteiger partial charge on any atom is 0.326 e. The van der Waals surface area contributed by atoms with E-state index < -0.39 is 24.0 Å². The van der Waals surface area contributed by atoms with Crippen molar-refractivity contribution in [2.75, 3.05) is 12.0 Å². The Kier molecular flexibility index (Phi) is 6.31. The molecule has 0 aliphatic heterocycles. The number of aliphatic carboxylic acids is 1. The Morgan fingerprint density at radius 2 is 2.14 bits per heavy atom. The Morgan fingerprint density at radius 1 is 1.57 bits per heavy atom. The number of carbonyl (C=O) groups is 2. The van der Waals surface area contributed by atoms with E-state index in [1.165, 1.54) is 18.7 Å². The Morgan fingerprint density at radius 3 is 2.50 bits per heavy atom. The minimum Gasteiger partial charge on any atom is -0.480 e. The number of carbonyl (C=O) groups excluding carboxylic acids is 1. The van der Waals surface area contributed by atoms with E-state index >= 15 is 0 Å². The number of carboxylic acid groups (broad SMARTS) is 1. The molecule has 0 fully saturated rings. The third-order valence-corrected chi connectivity index (χ3v) is 2.28. The Balaban J connectivity index is 4.09. The van der Waals surface area contributed by atoms with Gasteiger partial charge in [0, 0.05) is 0 Å². The Hall–Kier alpha value is -0.750. The summed E-state index contributed by atoms with van der Waals surface area (Å²) in [7, 11) is 0. The summed E-state index contributed by atoms with van der Waals surface area (Å²) in [5.74, 6) is -0.762. The molecule has 1 unspecified atom stereocenters. The Bertz CT molecular complexity index is 209. The summed E-state index contributed by atoms with van der Waals surface area (Å²) >= 11 is 1.54. The predicted octanol–water partition coefficient (Wildman–Crippen LogP) is -0.344. The number of hydrogen-bond acceptors (Lipinski definition) is 4. The first-order valence-corrected chi connectivity index (χ1v) is 5.66. The van der Waals surface area contributed by atoms with Gasteiger partial charge < -0.3 is 16.2 Å². The van der Waals surface area contributed by atoms with Gasteiger partial charge >= 0.3 is 5.97 Å². The van der Waals surface area contributed by atoms with E-state index in [1.54, 1.807) is 0 Å². The van der Waals surface area contributed by atoms with Crippen molar-refractivity contribution in [3.05, 3.63) is 0 Å². The molecule has 82 valence electrons. The summed E-state index contributed by atoms with van der Waals surface area (Å²) in [4.78, 5) is 21.8. The van der Waals surface area contributed by atoms with Crippen LogP contribution in [0.1, 0.15) is 13.3 Å². The minimum absolute atomic E-state index is 0.412. The van der Waals surface area contributed by atoms with Crippen LogP contribution >= 0.6 is 11.8 Å². The molecule has 0 heterocycles. The largest absolute Gasteiger partial charge is 0.480 e. The van der Waals surface area contributed by atoms with Gasteiger partial charge in [-0.2, -0.15) is 11.8 Å². The highest BCUT2D eigenvalue weighted by Crippen LogP contribution is 2.01. The van der Waals surface area contributed by atoms with E-state index in [1.807, 2.05) is 6.26 Å². The van der Waals surface area contributed by atoms with Crippen LogP contribution in [0.5, 0.6) is 0 Å². The molecule has 0 aromatic carbocycles. The van der Waals surface area contributed by atoms with Gasteiger partial charge in [0.05, 0.1) is 6.04 Å². The van der Waals surface area contributed by atoms with E-state index in [9.17, 15) is 9.59 Å². The minimum atomic E-state index is -1.02. The van der Waals surface area contributed by atoms with Crippen molar-refractivity contribution in [2.24, 2.45) is 5.73 Å². The van der Waals surface area contributed by atoms with Crippen molar-refractivity contribution in [3.8, 4) is 0 Å². The summed E-state index contributed by atoms with van der Waals surface area (Å²) in [6.07, 6.45) is 2.29. The number of amides is 1. The summed E-state index contributed by atoms with van der Waals surface area (Å²) in [5, 5.41) is 11.1. The fourth-order valence-corrected chi connectivity index (χ4v) is 1.27. The van der Waals surface area contributed by atoms with E-state index in [0.29, 0.717) is 12.2 Å². The number of carboxylic acids is 1. The van der Waals surface area contributed by atoms with Crippen LogP contribution in [-0.4, -0.2) is 41.1 Å². The lowest BCUT2D eigenvalue weighted by atomic mass is 10.2. The van der Waals surface area contributed by atoms with Crippen molar-refractivity contribution in [1.82, 2.24) is 5.32 Å². The van der Waals surface area contributed by atoms with Crippen molar-refractivity contribution in [3.63, 3.8) is 0 Å². The highest BCUT2D eigenvalue weighted by molar-refractivity contribution is 7.98. The van der Waals surface area contributed by atoms with Crippen LogP contribution < -0.4 is 11.1 Å². The second-order valence-electron chi connectivity index (χ2n) is 2.97. The SMILES string of the molecule is CSCC[C@@H](NC(=O)C(C)N)C(=O)O. The van der Waals surface area contributed by atoms with Crippen LogP contribution in [0.15, 0.2) is 0 Å². The molecule has 0 bridgehead atoms. The standard InChI is InChI=1S/C8H16N2O3S/c1-5(9)7(11)10-6(8(12)13)3-4-14-2/h5-6H,3-4,9H2,1-2H3,(H,10,11)(H,12,13)/t5?,6-/m1/s1. The van der Waals surface area contributed by atoms with Crippen LogP contribution in [0, 0.1) is 0 Å². The zero-order valence-corrected chi connectivity index (χ0v) is 9.13. The smallest absolute Gasteiger partial charge is 0.326 e. The number of rotatable bonds is 6. The molecule has 0 aliphatic rings. The normalized spacial score (nSPS) is 14.5. The van der Waals surface area contributed by atoms with Crippen molar-refractivity contribution in [2.45, 2.75) is 25.4 Å². The van der Waals surface area contributed by atoms with Crippen molar-refractivity contribution < 1.29 is 14.7 Å². The molecule has 0 aromatic rings. The second-order valence-corrected chi connectivity index (χ2v) is 3.96. The molecule has 0 aliphatic carbocycles. The van der Waals surface area contributed by atoms with Gasteiger partial charge in [0.1, 0.15) is 6.04 Å². The molecule has 0 saturated heterocycles. The third-order valence-electron chi connectivity index (χ3n) is 1.64. The quantitative estimate of drug-likeness (QED) is 0.569. The first-order valence-electron chi connectivity index (χ1n) is 4.26. The summed E-state index contributed by atoms with van der Waals surface area (Å²) in [6, 6.07) is -1.51. The number of hydrogen-bond donors (Lipinski definition) is 3. The summed E-state index contributed by atoms with van der Waals surface area (Å²) in [5.41, 5.74) is 5.30. The van der Waals surface area contributed by atoms with Gasteiger partial charge in [0.15, 0.2) is 0 Å². The van der Waals surface area contributed by atoms with E-state index in [2.05, 4.69) is 5.32 Å². The molecular formula is C8H16N2O3S. The average Bonchev–Trinajstić information content (AvgIpc) is 2.10. The zero-order valence-electron chi connectivity index (χ0n) is 8.32. The number of thioether (sulfide) groups is 1. The molecule has 14 heavy (non-hydrogen) atoms. The van der Waals surface area contributed by atoms with E-state index in [-0.39, 0.29) is 0 Å². The predicted molar refractivity (Wildman–Crippen MR) is 56.2 cm³/mol. The van der Waals surface area contributed by atoms with Crippen molar-refractivity contribution in [1.29, 1.82) is 0 Å². The molecule has 2 atom stereocenters. The molecule has 1 amide bonds. The van der Waals surface area contributed by atoms with Crippen molar-refractivity contribution >= 4 is 23.6 Å².